The van der Waals surface area contributed by atoms with E-state index in [1.807, 2.05) is 0 Å². The topological polar surface area (TPSA) is 127 Å². The summed E-state index contributed by atoms with van der Waals surface area (Å²) < 4.78 is 0. The average molecular weight is 220 g/mol. The third-order valence-corrected chi connectivity index (χ3v) is 1.75. The van der Waals surface area contributed by atoms with Crippen LogP contribution in [-0.2, 0) is 12.4 Å². The Morgan fingerprint density at radius 2 is 0.909 bits per heavy atom. The van der Waals surface area contributed by atoms with Gasteiger partial charge in [0.2, 0.25) is 0 Å². The van der Waals surface area contributed by atoms with E-state index in [2.05, 4.69) is 0 Å². The van der Waals surface area contributed by atoms with Crippen molar-refractivity contribution in [2.24, 2.45) is 0 Å². The van der Waals surface area contributed by atoms with Crippen molar-refractivity contribution < 1.29 is 69.2 Å². The second-order valence-electron chi connectivity index (χ2n) is 0.757. The van der Waals surface area contributed by atoms with Crippen LogP contribution in [0.15, 0.2) is 0 Å². The first kappa shape index (κ1) is 17.2. The van der Waals surface area contributed by atoms with Crippen LogP contribution >= 0.6 is 0 Å². The summed E-state index contributed by atoms with van der Waals surface area (Å²) in [6, 6.07) is 0. The molecule has 2 N–H and O–H groups in total. The van der Waals surface area contributed by atoms with Gasteiger partial charge in [0.15, 0.2) is 0 Å². The number of hydrogen-bond acceptors (Lipinski definition) is 4. The fraction of sp³-hybridized carbons (Fsp3) is 0. The summed E-state index contributed by atoms with van der Waals surface area (Å²) in [5.74, 6) is 0. The molecule has 0 spiro atoms. The molecule has 0 aliphatic carbocycles. The van der Waals surface area contributed by atoms with Gasteiger partial charge >= 0.3 is 105 Å². The minimum Gasteiger partial charge on any atom is -0.412 e. The maximum absolute atomic E-state index is 8.10. The maximum atomic E-state index is 8.10. The Morgan fingerprint density at radius 1 is 0.727 bits per heavy atom. The number of hydrogen-bond donors (Lipinski definition) is 0. The largest absolute Gasteiger partial charge is 1.00 e. The summed E-state index contributed by atoms with van der Waals surface area (Å²) in [7, 11) is 0. The third kappa shape index (κ3) is 4.49. The number of rotatable bonds is 0. The van der Waals surface area contributed by atoms with Gasteiger partial charge in [-0.25, -0.2) is 0 Å². The molecule has 0 saturated heterocycles. The van der Waals surface area contributed by atoms with Crippen molar-refractivity contribution in [2.45, 2.75) is 0 Å². The fourth-order valence-electron chi connectivity index (χ4n) is 0.0949. The number of nitrogens with zero attached hydrogens (tertiary/aromatic N) is 4. The van der Waals surface area contributed by atoms with Gasteiger partial charge < -0.3 is 5.48 Å². The zero-order valence-corrected chi connectivity index (χ0v) is 9.72. The van der Waals surface area contributed by atoms with Gasteiger partial charge in [-0.3, -0.25) is 0 Å². The van der Waals surface area contributed by atoms with Crippen LogP contribution in [0.1, 0.15) is 0 Å². The quantitative estimate of drug-likeness (QED) is 0.388. The Labute approximate surface area is 109 Å². The first-order valence-corrected chi connectivity index (χ1v) is 3.50. The van der Waals surface area contributed by atoms with Crippen molar-refractivity contribution in [3.63, 3.8) is 0 Å². The molecule has 0 aromatic carbocycles. The van der Waals surface area contributed by atoms with E-state index in [-0.39, 0.29) is 56.9 Å². The Kier molecular flexibility index (Phi) is 12.8. The van der Waals surface area contributed by atoms with Crippen LogP contribution in [0.4, 0.5) is 0 Å². The van der Waals surface area contributed by atoms with Crippen LogP contribution < -0.4 is 51.4 Å². The molecule has 0 aliphatic heterocycles. The summed E-state index contributed by atoms with van der Waals surface area (Å²) in [4.78, 5) is 0. The Bertz CT molecular complexity index is 215. The van der Waals surface area contributed by atoms with Gasteiger partial charge in [0, 0.05) is 0 Å². The molecule has 55 valence electrons. The maximum Gasteiger partial charge on any atom is 1.00 e. The van der Waals surface area contributed by atoms with Crippen LogP contribution in [0.3, 0.4) is 0 Å². The van der Waals surface area contributed by atoms with Gasteiger partial charge in [-0.15, -0.1) is 0 Å². The first-order valence-electron chi connectivity index (χ1n) is 1.53. The average Bonchev–Trinajstić information content (AvgIpc) is 1.95. The van der Waals surface area contributed by atoms with E-state index in [1.54, 1.807) is 0 Å². The number of nitriles is 4. The molecular formula is C4H2KN4NiO. The van der Waals surface area contributed by atoms with Crippen LogP contribution in [0.25, 0.3) is 0 Å². The normalized spacial score (nSPS) is 7.64. The molecule has 0 unspecified atom stereocenters. The van der Waals surface area contributed by atoms with Crippen molar-refractivity contribution in [3.8, 4) is 20.2 Å². The van der Waals surface area contributed by atoms with E-state index in [0.717, 1.165) is 0 Å². The van der Waals surface area contributed by atoms with Gasteiger partial charge in [0.05, 0.1) is 0 Å². The van der Waals surface area contributed by atoms with Crippen LogP contribution in [0.5, 0.6) is 0 Å². The van der Waals surface area contributed by atoms with Crippen molar-refractivity contribution in [2.75, 3.05) is 0 Å². The molecule has 0 amide bonds. The van der Waals surface area contributed by atoms with Crippen molar-refractivity contribution in [1.82, 2.24) is 0 Å². The molecule has 0 aliphatic rings. The predicted molar refractivity (Wildman–Crippen MR) is 26.1 cm³/mol. The van der Waals surface area contributed by atoms with E-state index in [9.17, 15) is 0 Å². The summed E-state index contributed by atoms with van der Waals surface area (Å²) in [5.41, 5.74) is 0. The molecule has 0 radical (unpaired) electrons. The van der Waals surface area contributed by atoms with Crippen molar-refractivity contribution in [3.05, 3.63) is 0 Å². The molecule has 0 aromatic heterocycles. The van der Waals surface area contributed by atoms with Crippen LogP contribution in [-0.4, -0.2) is 5.48 Å². The van der Waals surface area contributed by atoms with Gasteiger partial charge in [0.1, 0.15) is 0 Å². The molecule has 0 rings (SSSR count). The molecule has 11 heavy (non-hydrogen) atoms. The molecule has 5 nitrogen and oxygen atoms in total. The Hall–Kier alpha value is 0.0499. The van der Waals surface area contributed by atoms with Crippen LogP contribution in [0, 0.1) is 41.2 Å². The monoisotopic (exact) mass is 219 g/mol. The van der Waals surface area contributed by atoms with Crippen molar-refractivity contribution >= 4 is 0 Å². The smallest absolute Gasteiger partial charge is 0.412 e. The van der Waals surface area contributed by atoms with Gasteiger partial charge in [0.25, 0.3) is 0 Å². The predicted octanol–water partition coefficient (Wildman–Crippen LogP) is -3.76. The van der Waals surface area contributed by atoms with Crippen molar-refractivity contribution in [1.29, 1.82) is 21.0 Å². The van der Waals surface area contributed by atoms with E-state index in [0.29, 0.717) is 0 Å². The standard InChI is InChI=1S/4CN.K.Ni.H2O/c4*1-2;;;/h;;;;;;1H2/q;;;;+1;-1;. The summed E-state index contributed by atoms with van der Waals surface area (Å²) in [6.45, 7) is 0. The molecular weight excluding hydrogens is 218 g/mol. The minimum atomic E-state index is -3.03. The molecule has 0 bridgehead atoms. The van der Waals surface area contributed by atoms with E-state index in [1.165, 1.54) is 20.2 Å². The minimum absolute atomic E-state index is 0. The SMILES string of the molecule is N#[C][Ni-]([C]#N)([C]#N)[C]#N.O.[K+]. The van der Waals surface area contributed by atoms with E-state index in [4.69, 9.17) is 21.0 Å². The van der Waals surface area contributed by atoms with E-state index < -0.39 is 12.4 Å². The third-order valence-electron chi connectivity index (χ3n) is 0.424. The second kappa shape index (κ2) is 8.15. The molecule has 0 fully saturated rings. The molecule has 0 heterocycles. The molecule has 0 atom stereocenters. The fourth-order valence-corrected chi connectivity index (χ4v) is 0.391. The Balaban J connectivity index is -0.000000320. The summed E-state index contributed by atoms with van der Waals surface area (Å²) >= 11 is -3.03. The van der Waals surface area contributed by atoms with Gasteiger partial charge in [-0.2, -0.15) is 0 Å². The van der Waals surface area contributed by atoms with Gasteiger partial charge in [-0.05, 0) is 0 Å². The Morgan fingerprint density at radius 3 is 0.909 bits per heavy atom. The first-order chi connectivity index (χ1) is 4.24. The second-order valence-corrected chi connectivity index (χ2v) is 3.12. The zero-order valence-electron chi connectivity index (χ0n) is 5.61. The van der Waals surface area contributed by atoms with Gasteiger partial charge in [-0.1, -0.05) is 0 Å². The van der Waals surface area contributed by atoms with Crippen LogP contribution in [0.2, 0.25) is 0 Å². The summed E-state index contributed by atoms with van der Waals surface area (Å²) in [5, 5.41) is 37.9. The molecule has 0 aromatic rings. The summed E-state index contributed by atoms with van der Waals surface area (Å²) in [6.07, 6.45) is 0. The molecule has 0 saturated carbocycles. The zero-order chi connectivity index (χ0) is 7.33. The van der Waals surface area contributed by atoms with E-state index >= 15 is 0 Å². The molecule has 7 heteroatoms.